The SMILES string of the molecule is Cc1ccccc1OCCCN(C)c1ccccc1C. The highest BCUT2D eigenvalue weighted by molar-refractivity contribution is 5.52. The lowest BCUT2D eigenvalue weighted by atomic mass is 10.2. The van der Waals surface area contributed by atoms with Crippen LogP contribution in [-0.4, -0.2) is 20.2 Å². The number of hydrogen-bond acceptors (Lipinski definition) is 2. The van der Waals surface area contributed by atoms with Crippen LogP contribution in [0, 0.1) is 13.8 Å². The largest absolute Gasteiger partial charge is 0.493 e. The second kappa shape index (κ2) is 6.99. The Balaban J connectivity index is 1.79. The Morgan fingerprint density at radius 3 is 2.25 bits per heavy atom. The molecule has 0 aliphatic rings. The number of ether oxygens (including phenoxy) is 1. The first kappa shape index (κ1) is 14.4. The fourth-order valence-corrected chi connectivity index (χ4v) is 2.31. The number of benzene rings is 2. The summed E-state index contributed by atoms with van der Waals surface area (Å²) >= 11 is 0. The predicted molar refractivity (Wildman–Crippen MR) is 85.7 cm³/mol. The van der Waals surface area contributed by atoms with Crippen molar-refractivity contribution in [1.29, 1.82) is 0 Å². The van der Waals surface area contributed by atoms with E-state index in [1.165, 1.54) is 16.8 Å². The zero-order valence-electron chi connectivity index (χ0n) is 12.6. The van der Waals surface area contributed by atoms with Crippen molar-refractivity contribution in [3.8, 4) is 5.75 Å². The van der Waals surface area contributed by atoms with Gasteiger partial charge in [0.25, 0.3) is 0 Å². The summed E-state index contributed by atoms with van der Waals surface area (Å²) in [5, 5.41) is 0. The molecule has 0 saturated carbocycles. The van der Waals surface area contributed by atoms with E-state index in [0.29, 0.717) is 0 Å². The number of para-hydroxylation sites is 2. The quantitative estimate of drug-likeness (QED) is 0.728. The van der Waals surface area contributed by atoms with Crippen LogP contribution in [-0.2, 0) is 0 Å². The second-order valence-electron chi connectivity index (χ2n) is 5.18. The Hall–Kier alpha value is -1.96. The van der Waals surface area contributed by atoms with Crippen molar-refractivity contribution in [2.75, 3.05) is 25.1 Å². The summed E-state index contributed by atoms with van der Waals surface area (Å²) < 4.78 is 5.83. The van der Waals surface area contributed by atoms with Crippen molar-refractivity contribution < 1.29 is 4.74 Å². The van der Waals surface area contributed by atoms with Crippen LogP contribution in [0.1, 0.15) is 17.5 Å². The summed E-state index contributed by atoms with van der Waals surface area (Å²) in [4.78, 5) is 2.29. The second-order valence-corrected chi connectivity index (χ2v) is 5.18. The van der Waals surface area contributed by atoms with Crippen molar-refractivity contribution in [2.24, 2.45) is 0 Å². The molecule has 0 bridgehead atoms. The lowest BCUT2D eigenvalue weighted by Gasteiger charge is -2.21. The number of rotatable bonds is 6. The molecule has 2 heteroatoms. The topological polar surface area (TPSA) is 12.5 Å². The Bertz CT molecular complexity index is 551. The summed E-state index contributed by atoms with van der Waals surface area (Å²) in [6.07, 6.45) is 1.01. The number of aryl methyl sites for hydroxylation is 2. The smallest absolute Gasteiger partial charge is 0.122 e. The standard InChI is InChI=1S/C18H23NO/c1-15-9-4-6-11-17(15)19(3)13-8-14-20-18-12-7-5-10-16(18)2/h4-7,9-12H,8,13-14H2,1-3H3. The average molecular weight is 269 g/mol. The molecule has 0 N–H and O–H groups in total. The third-order valence-electron chi connectivity index (χ3n) is 3.52. The molecule has 2 aromatic rings. The van der Waals surface area contributed by atoms with Gasteiger partial charge in [-0.1, -0.05) is 36.4 Å². The van der Waals surface area contributed by atoms with Crippen LogP contribution >= 0.6 is 0 Å². The highest BCUT2D eigenvalue weighted by Gasteiger charge is 2.03. The van der Waals surface area contributed by atoms with Gasteiger partial charge in [0.15, 0.2) is 0 Å². The van der Waals surface area contributed by atoms with Crippen LogP contribution in [0.3, 0.4) is 0 Å². The molecule has 20 heavy (non-hydrogen) atoms. The third-order valence-corrected chi connectivity index (χ3v) is 3.52. The maximum absolute atomic E-state index is 5.83. The minimum Gasteiger partial charge on any atom is -0.493 e. The first-order chi connectivity index (χ1) is 9.68. The van der Waals surface area contributed by atoms with Crippen LogP contribution in [0.4, 0.5) is 5.69 Å². The Kier molecular flexibility index (Phi) is 5.05. The highest BCUT2D eigenvalue weighted by Crippen LogP contribution is 2.19. The maximum atomic E-state index is 5.83. The van der Waals surface area contributed by atoms with Gasteiger partial charge >= 0.3 is 0 Å². The van der Waals surface area contributed by atoms with Crippen LogP contribution in [0.2, 0.25) is 0 Å². The first-order valence-electron chi connectivity index (χ1n) is 7.13. The maximum Gasteiger partial charge on any atom is 0.122 e. The molecule has 0 fully saturated rings. The van der Waals surface area contributed by atoms with E-state index in [9.17, 15) is 0 Å². The average Bonchev–Trinajstić information content (AvgIpc) is 2.45. The molecule has 0 heterocycles. The van der Waals surface area contributed by atoms with Gasteiger partial charge in [-0.2, -0.15) is 0 Å². The normalized spacial score (nSPS) is 10.3. The zero-order valence-corrected chi connectivity index (χ0v) is 12.6. The molecule has 0 atom stereocenters. The number of anilines is 1. The molecule has 0 spiro atoms. The Morgan fingerprint density at radius 1 is 0.900 bits per heavy atom. The van der Waals surface area contributed by atoms with E-state index in [4.69, 9.17) is 4.74 Å². The van der Waals surface area contributed by atoms with Crippen molar-refractivity contribution in [3.63, 3.8) is 0 Å². The molecule has 0 unspecified atom stereocenters. The minimum atomic E-state index is 0.751. The highest BCUT2D eigenvalue weighted by atomic mass is 16.5. The van der Waals surface area contributed by atoms with Crippen LogP contribution in [0.15, 0.2) is 48.5 Å². The molecule has 2 rings (SSSR count). The predicted octanol–water partition coefficient (Wildman–Crippen LogP) is 4.21. The molecule has 106 valence electrons. The summed E-state index contributed by atoms with van der Waals surface area (Å²) in [7, 11) is 2.14. The van der Waals surface area contributed by atoms with Gasteiger partial charge in [-0.25, -0.2) is 0 Å². The fraction of sp³-hybridized carbons (Fsp3) is 0.333. The summed E-state index contributed by atoms with van der Waals surface area (Å²) in [6.45, 7) is 5.97. The minimum absolute atomic E-state index is 0.751. The molecule has 0 aliphatic carbocycles. The van der Waals surface area contributed by atoms with Crippen LogP contribution < -0.4 is 9.64 Å². The lowest BCUT2D eigenvalue weighted by molar-refractivity contribution is 0.310. The van der Waals surface area contributed by atoms with E-state index in [-0.39, 0.29) is 0 Å². The number of hydrogen-bond donors (Lipinski definition) is 0. The van der Waals surface area contributed by atoms with Crippen molar-refractivity contribution >= 4 is 5.69 Å². The zero-order chi connectivity index (χ0) is 14.4. The molecule has 0 saturated heterocycles. The Morgan fingerprint density at radius 2 is 1.55 bits per heavy atom. The summed E-state index contributed by atoms with van der Waals surface area (Å²) in [5.41, 5.74) is 3.80. The van der Waals surface area contributed by atoms with Gasteiger partial charge in [0, 0.05) is 19.3 Å². The molecule has 0 radical (unpaired) electrons. The van der Waals surface area contributed by atoms with Gasteiger partial charge in [0.2, 0.25) is 0 Å². The molecule has 0 amide bonds. The van der Waals surface area contributed by atoms with Gasteiger partial charge in [0.1, 0.15) is 5.75 Å². The van der Waals surface area contributed by atoms with E-state index in [1.807, 2.05) is 18.2 Å². The first-order valence-corrected chi connectivity index (χ1v) is 7.13. The molecule has 0 aromatic heterocycles. The number of nitrogens with zero attached hydrogens (tertiary/aromatic N) is 1. The third kappa shape index (κ3) is 3.77. The molecule has 2 aromatic carbocycles. The monoisotopic (exact) mass is 269 g/mol. The van der Waals surface area contributed by atoms with Gasteiger partial charge in [-0.3, -0.25) is 0 Å². The van der Waals surface area contributed by atoms with E-state index in [0.717, 1.165) is 25.3 Å². The van der Waals surface area contributed by atoms with Crippen molar-refractivity contribution in [3.05, 3.63) is 59.7 Å². The van der Waals surface area contributed by atoms with Crippen molar-refractivity contribution in [2.45, 2.75) is 20.3 Å². The van der Waals surface area contributed by atoms with E-state index in [1.54, 1.807) is 0 Å². The molecular weight excluding hydrogens is 246 g/mol. The lowest BCUT2D eigenvalue weighted by Crippen LogP contribution is -2.21. The summed E-state index contributed by atoms with van der Waals surface area (Å²) in [5.74, 6) is 0.992. The van der Waals surface area contributed by atoms with Gasteiger partial charge in [0.05, 0.1) is 6.61 Å². The van der Waals surface area contributed by atoms with E-state index >= 15 is 0 Å². The van der Waals surface area contributed by atoms with Crippen LogP contribution in [0.5, 0.6) is 5.75 Å². The van der Waals surface area contributed by atoms with Crippen molar-refractivity contribution in [1.82, 2.24) is 0 Å². The summed E-state index contributed by atoms with van der Waals surface area (Å²) in [6, 6.07) is 16.6. The molecular formula is C18H23NO. The molecule has 2 nitrogen and oxygen atoms in total. The fourth-order valence-electron chi connectivity index (χ4n) is 2.31. The van der Waals surface area contributed by atoms with Gasteiger partial charge in [-0.15, -0.1) is 0 Å². The Labute approximate surface area is 122 Å². The van der Waals surface area contributed by atoms with Gasteiger partial charge < -0.3 is 9.64 Å². The molecule has 0 aliphatic heterocycles. The van der Waals surface area contributed by atoms with E-state index < -0.39 is 0 Å². The van der Waals surface area contributed by atoms with Crippen LogP contribution in [0.25, 0.3) is 0 Å². The van der Waals surface area contributed by atoms with E-state index in [2.05, 4.69) is 56.1 Å². The van der Waals surface area contributed by atoms with Gasteiger partial charge in [-0.05, 0) is 43.5 Å².